The monoisotopic (exact) mass is 234 g/mol. The molecule has 0 atom stereocenters. The molecule has 90 valence electrons. The van der Waals surface area contributed by atoms with Crippen LogP contribution in [0.4, 0.5) is 5.95 Å². The highest BCUT2D eigenvalue weighted by atomic mass is 16.5. The van der Waals surface area contributed by atoms with Gasteiger partial charge in [-0.2, -0.15) is 20.1 Å². The highest BCUT2D eigenvalue weighted by molar-refractivity contribution is 5.24. The first-order valence-electron chi connectivity index (χ1n) is 5.15. The van der Waals surface area contributed by atoms with E-state index in [0.29, 0.717) is 5.95 Å². The first-order chi connectivity index (χ1) is 7.94. The van der Waals surface area contributed by atoms with Crippen LogP contribution in [0, 0.1) is 0 Å². The maximum atomic E-state index is 5.60. The van der Waals surface area contributed by atoms with Crippen LogP contribution in [0.2, 0.25) is 0 Å². The van der Waals surface area contributed by atoms with Crippen molar-refractivity contribution in [3.8, 4) is 12.0 Å². The van der Waals surface area contributed by atoms with Crippen LogP contribution in [0.5, 0.6) is 6.01 Å². The van der Waals surface area contributed by atoms with E-state index in [0.717, 1.165) is 0 Å². The first-order valence-corrected chi connectivity index (χ1v) is 5.15. The van der Waals surface area contributed by atoms with Crippen LogP contribution < -0.4 is 10.5 Å². The van der Waals surface area contributed by atoms with E-state index in [9.17, 15) is 0 Å². The maximum Gasteiger partial charge on any atom is 0.323 e. The Bertz CT molecular complexity index is 502. The number of rotatable bonds is 2. The van der Waals surface area contributed by atoms with Crippen molar-refractivity contribution < 1.29 is 4.74 Å². The second-order valence-electron chi connectivity index (χ2n) is 4.44. The number of anilines is 1. The van der Waals surface area contributed by atoms with Crippen LogP contribution in [-0.4, -0.2) is 30.3 Å². The summed E-state index contributed by atoms with van der Waals surface area (Å²) in [5, 5.41) is 4.02. The maximum absolute atomic E-state index is 5.60. The second kappa shape index (κ2) is 4.00. The molecule has 7 nitrogen and oxygen atoms in total. The minimum Gasteiger partial charge on any atom is -0.458 e. The first kappa shape index (κ1) is 11.3. The van der Waals surface area contributed by atoms with E-state index < -0.39 is 5.60 Å². The SMILES string of the molecule is CC(C)(C)Oc1nc(N)nc(-n2cccn2)n1. The van der Waals surface area contributed by atoms with Crippen molar-refractivity contribution in [1.82, 2.24) is 24.7 Å². The Hall–Kier alpha value is -2.18. The molecule has 2 aromatic rings. The molecule has 0 saturated carbocycles. The number of nitrogens with zero attached hydrogens (tertiary/aromatic N) is 5. The lowest BCUT2D eigenvalue weighted by molar-refractivity contribution is 0.116. The zero-order valence-electron chi connectivity index (χ0n) is 9.95. The zero-order valence-corrected chi connectivity index (χ0v) is 9.95. The molecule has 0 aliphatic carbocycles. The molecule has 0 saturated heterocycles. The lowest BCUT2D eigenvalue weighted by Gasteiger charge is -2.19. The quantitative estimate of drug-likeness (QED) is 0.826. The molecule has 0 aromatic carbocycles. The van der Waals surface area contributed by atoms with Crippen molar-refractivity contribution >= 4 is 5.95 Å². The summed E-state index contributed by atoms with van der Waals surface area (Å²) in [6.45, 7) is 5.71. The topological polar surface area (TPSA) is 91.7 Å². The molecule has 2 heterocycles. The Morgan fingerprint density at radius 2 is 2.00 bits per heavy atom. The van der Waals surface area contributed by atoms with Gasteiger partial charge in [-0.05, 0) is 26.8 Å². The molecule has 0 aliphatic heterocycles. The number of nitrogens with two attached hydrogens (primary N) is 1. The number of ether oxygens (including phenoxy) is 1. The van der Waals surface area contributed by atoms with E-state index in [1.807, 2.05) is 20.8 Å². The number of aromatic nitrogens is 5. The lowest BCUT2D eigenvalue weighted by atomic mass is 10.2. The van der Waals surface area contributed by atoms with Crippen LogP contribution in [0.25, 0.3) is 5.95 Å². The summed E-state index contributed by atoms with van der Waals surface area (Å²) < 4.78 is 7.03. The van der Waals surface area contributed by atoms with Gasteiger partial charge in [0.2, 0.25) is 5.95 Å². The van der Waals surface area contributed by atoms with Gasteiger partial charge in [0.1, 0.15) is 5.60 Å². The van der Waals surface area contributed by atoms with Crippen LogP contribution in [-0.2, 0) is 0 Å². The molecule has 0 amide bonds. The van der Waals surface area contributed by atoms with Gasteiger partial charge in [-0.1, -0.05) is 0 Å². The standard InChI is InChI=1S/C10H14N6O/c1-10(2,3)17-9-14-7(11)13-8(15-9)16-6-4-5-12-16/h4-6H,1-3H3,(H2,11,13,14,15). The molecule has 0 spiro atoms. The van der Waals surface area contributed by atoms with Crippen molar-refractivity contribution in [2.24, 2.45) is 0 Å². The Morgan fingerprint density at radius 3 is 2.59 bits per heavy atom. The summed E-state index contributed by atoms with van der Waals surface area (Å²) in [6.07, 6.45) is 3.35. The third-order valence-corrected chi connectivity index (χ3v) is 1.73. The predicted octanol–water partition coefficient (Wildman–Crippen LogP) is 0.817. The third-order valence-electron chi connectivity index (χ3n) is 1.73. The number of hydrogen-bond donors (Lipinski definition) is 1. The predicted molar refractivity (Wildman–Crippen MR) is 61.7 cm³/mol. The van der Waals surface area contributed by atoms with Gasteiger partial charge in [0.05, 0.1) is 0 Å². The van der Waals surface area contributed by atoms with Crippen molar-refractivity contribution in [2.45, 2.75) is 26.4 Å². The largest absolute Gasteiger partial charge is 0.458 e. The molecule has 0 unspecified atom stereocenters. The van der Waals surface area contributed by atoms with Crippen molar-refractivity contribution in [3.63, 3.8) is 0 Å². The summed E-state index contributed by atoms with van der Waals surface area (Å²) in [5.74, 6) is 0.437. The van der Waals surface area contributed by atoms with Crippen LogP contribution in [0.1, 0.15) is 20.8 Å². The van der Waals surface area contributed by atoms with Gasteiger partial charge in [-0.3, -0.25) is 0 Å². The Kier molecular flexibility index (Phi) is 2.66. The van der Waals surface area contributed by atoms with Crippen molar-refractivity contribution in [1.29, 1.82) is 0 Å². The minimum atomic E-state index is -0.394. The van der Waals surface area contributed by atoms with Crippen LogP contribution in [0.3, 0.4) is 0 Å². The Labute approximate surface area is 98.7 Å². The molecular weight excluding hydrogens is 220 g/mol. The fourth-order valence-corrected chi connectivity index (χ4v) is 1.17. The molecule has 2 aromatic heterocycles. The average molecular weight is 234 g/mol. The van der Waals surface area contributed by atoms with E-state index in [1.165, 1.54) is 4.68 Å². The van der Waals surface area contributed by atoms with E-state index in [-0.39, 0.29) is 12.0 Å². The summed E-state index contributed by atoms with van der Waals surface area (Å²) in [7, 11) is 0. The zero-order chi connectivity index (χ0) is 12.5. The number of nitrogen functional groups attached to an aromatic ring is 1. The molecule has 17 heavy (non-hydrogen) atoms. The Morgan fingerprint density at radius 1 is 1.24 bits per heavy atom. The normalized spacial score (nSPS) is 11.5. The molecule has 2 N–H and O–H groups in total. The van der Waals surface area contributed by atoms with Gasteiger partial charge in [-0.25, -0.2) is 4.68 Å². The summed E-state index contributed by atoms with van der Waals surface area (Å²) in [6, 6.07) is 1.96. The van der Waals surface area contributed by atoms with E-state index in [1.54, 1.807) is 18.5 Å². The van der Waals surface area contributed by atoms with Gasteiger partial charge in [0.15, 0.2) is 0 Å². The second-order valence-corrected chi connectivity index (χ2v) is 4.44. The lowest BCUT2D eigenvalue weighted by Crippen LogP contribution is -2.25. The Balaban J connectivity index is 2.36. The highest BCUT2D eigenvalue weighted by Crippen LogP contribution is 2.14. The molecule has 7 heteroatoms. The van der Waals surface area contributed by atoms with Crippen LogP contribution >= 0.6 is 0 Å². The van der Waals surface area contributed by atoms with Gasteiger partial charge in [0.25, 0.3) is 5.95 Å². The third kappa shape index (κ3) is 2.90. The molecule has 0 bridgehead atoms. The molecule has 0 aliphatic rings. The van der Waals surface area contributed by atoms with Crippen molar-refractivity contribution in [2.75, 3.05) is 5.73 Å². The van der Waals surface area contributed by atoms with Gasteiger partial charge < -0.3 is 10.5 Å². The molecular formula is C10H14N6O. The highest BCUT2D eigenvalue weighted by Gasteiger charge is 2.16. The van der Waals surface area contributed by atoms with Crippen molar-refractivity contribution in [3.05, 3.63) is 18.5 Å². The van der Waals surface area contributed by atoms with Gasteiger partial charge >= 0.3 is 6.01 Å². The van der Waals surface area contributed by atoms with Gasteiger partial charge in [-0.15, -0.1) is 0 Å². The molecule has 0 fully saturated rings. The minimum absolute atomic E-state index is 0.102. The van der Waals surface area contributed by atoms with Crippen LogP contribution in [0.15, 0.2) is 18.5 Å². The van der Waals surface area contributed by atoms with E-state index >= 15 is 0 Å². The fraction of sp³-hybridized carbons (Fsp3) is 0.400. The summed E-state index contributed by atoms with van der Waals surface area (Å²) in [4.78, 5) is 12.0. The smallest absolute Gasteiger partial charge is 0.323 e. The summed E-state index contributed by atoms with van der Waals surface area (Å²) >= 11 is 0. The molecule has 0 radical (unpaired) electrons. The van der Waals surface area contributed by atoms with Gasteiger partial charge in [0, 0.05) is 12.4 Å². The van der Waals surface area contributed by atoms with E-state index in [4.69, 9.17) is 10.5 Å². The average Bonchev–Trinajstić information content (AvgIpc) is 2.65. The molecule has 2 rings (SSSR count). The summed E-state index contributed by atoms with van der Waals surface area (Å²) in [5.41, 5.74) is 5.21. The fourth-order valence-electron chi connectivity index (χ4n) is 1.17. The van der Waals surface area contributed by atoms with E-state index in [2.05, 4.69) is 20.1 Å². The number of hydrogen-bond acceptors (Lipinski definition) is 6.